The second kappa shape index (κ2) is 3.12. The van der Waals surface area contributed by atoms with E-state index in [0.717, 1.165) is 6.07 Å². The fourth-order valence-electron chi connectivity index (χ4n) is 2.16. The molecule has 2 unspecified atom stereocenters. The van der Waals surface area contributed by atoms with E-state index in [4.69, 9.17) is 0 Å². The van der Waals surface area contributed by atoms with Crippen LogP contribution in [0.5, 0.6) is 0 Å². The first-order valence-electron chi connectivity index (χ1n) is 4.97. The van der Waals surface area contributed by atoms with E-state index in [9.17, 15) is 13.6 Å². The summed E-state index contributed by atoms with van der Waals surface area (Å²) in [5.41, 5.74) is 0.406. The van der Waals surface area contributed by atoms with E-state index < -0.39 is 11.6 Å². The molecule has 0 N–H and O–H groups in total. The Morgan fingerprint density at radius 2 is 1.80 bits per heavy atom. The molecule has 0 radical (unpaired) electrons. The Morgan fingerprint density at radius 1 is 1.20 bits per heavy atom. The number of hydrogen-bond donors (Lipinski definition) is 0. The summed E-state index contributed by atoms with van der Waals surface area (Å²) in [5, 5.41) is 0. The molecule has 15 heavy (non-hydrogen) atoms. The van der Waals surface area contributed by atoms with Gasteiger partial charge in [-0.05, 0) is 24.5 Å². The summed E-state index contributed by atoms with van der Waals surface area (Å²) in [5.74, 6) is -1.87. The summed E-state index contributed by atoms with van der Waals surface area (Å²) in [6, 6.07) is 1.16. The number of hydrogen-bond acceptors (Lipinski definition) is 1. The maximum atomic E-state index is 13.7. The Kier molecular flexibility index (Phi) is 2.14. The molecule has 3 heteroatoms. The van der Waals surface area contributed by atoms with Crippen LogP contribution in [0.1, 0.15) is 41.3 Å². The average Bonchev–Trinajstić information content (AvgIpc) is 2.40. The standard InChI is InChI=1S/C12H12F2O/c1-5-4-8(13)9-6(2)7(3)12(15)10(9)11(5)14/h4,6-7H,1-3H3. The third-order valence-electron chi connectivity index (χ3n) is 3.30. The number of aryl methyl sites for hydroxylation is 1. The van der Waals surface area contributed by atoms with Crippen molar-refractivity contribution in [1.82, 2.24) is 0 Å². The van der Waals surface area contributed by atoms with Crippen LogP contribution < -0.4 is 0 Å². The number of ketones is 1. The van der Waals surface area contributed by atoms with E-state index in [1.165, 1.54) is 6.92 Å². The molecular weight excluding hydrogens is 198 g/mol. The van der Waals surface area contributed by atoms with Crippen molar-refractivity contribution in [2.45, 2.75) is 26.7 Å². The van der Waals surface area contributed by atoms with Crippen molar-refractivity contribution >= 4 is 5.78 Å². The largest absolute Gasteiger partial charge is 0.294 e. The van der Waals surface area contributed by atoms with Crippen LogP contribution in [0, 0.1) is 24.5 Å². The van der Waals surface area contributed by atoms with Gasteiger partial charge in [-0.1, -0.05) is 13.8 Å². The fourth-order valence-corrected chi connectivity index (χ4v) is 2.16. The lowest BCUT2D eigenvalue weighted by Gasteiger charge is -2.09. The SMILES string of the molecule is Cc1cc(F)c2c(c1F)C(=O)C(C)C2C. The van der Waals surface area contributed by atoms with E-state index in [-0.39, 0.29) is 34.3 Å². The Bertz CT molecular complexity index is 451. The fraction of sp³-hybridized carbons (Fsp3) is 0.417. The molecule has 1 aliphatic rings. The summed E-state index contributed by atoms with van der Waals surface area (Å²) in [6.07, 6.45) is 0. The maximum Gasteiger partial charge on any atom is 0.169 e. The van der Waals surface area contributed by atoms with Crippen molar-refractivity contribution in [2.75, 3.05) is 0 Å². The van der Waals surface area contributed by atoms with Gasteiger partial charge in [0.2, 0.25) is 0 Å². The summed E-state index contributed by atoms with van der Waals surface area (Å²) in [4.78, 5) is 11.7. The number of rotatable bonds is 0. The molecule has 0 aliphatic heterocycles. The number of benzene rings is 1. The van der Waals surface area contributed by atoms with Gasteiger partial charge in [-0.25, -0.2) is 8.78 Å². The lowest BCUT2D eigenvalue weighted by molar-refractivity contribution is 0.0933. The number of carbonyl (C=O) groups excluding carboxylic acids is 1. The van der Waals surface area contributed by atoms with Gasteiger partial charge in [-0.15, -0.1) is 0 Å². The highest BCUT2D eigenvalue weighted by molar-refractivity contribution is 6.03. The Morgan fingerprint density at radius 3 is 2.40 bits per heavy atom. The molecule has 0 heterocycles. The van der Waals surface area contributed by atoms with Crippen molar-refractivity contribution in [3.05, 3.63) is 34.4 Å². The van der Waals surface area contributed by atoms with Gasteiger partial charge in [0.05, 0.1) is 5.56 Å². The molecule has 1 aromatic rings. The molecule has 1 aliphatic carbocycles. The minimum absolute atomic E-state index is 0.0347. The minimum atomic E-state index is -0.562. The zero-order valence-electron chi connectivity index (χ0n) is 8.90. The second-order valence-corrected chi connectivity index (χ2v) is 4.22. The average molecular weight is 210 g/mol. The van der Waals surface area contributed by atoms with E-state index in [2.05, 4.69) is 0 Å². The van der Waals surface area contributed by atoms with Crippen molar-refractivity contribution in [2.24, 2.45) is 5.92 Å². The molecule has 80 valence electrons. The van der Waals surface area contributed by atoms with Crippen LogP contribution >= 0.6 is 0 Å². The molecule has 2 rings (SSSR count). The highest BCUT2D eigenvalue weighted by Gasteiger charge is 2.38. The third-order valence-corrected chi connectivity index (χ3v) is 3.30. The van der Waals surface area contributed by atoms with E-state index in [1.54, 1.807) is 13.8 Å². The first-order chi connectivity index (χ1) is 6.95. The molecule has 0 saturated carbocycles. The summed E-state index contributed by atoms with van der Waals surface area (Å²) in [7, 11) is 0. The summed E-state index contributed by atoms with van der Waals surface area (Å²) >= 11 is 0. The maximum absolute atomic E-state index is 13.7. The van der Waals surface area contributed by atoms with Crippen LogP contribution in [0.2, 0.25) is 0 Å². The molecule has 0 fully saturated rings. The highest BCUT2D eigenvalue weighted by Crippen LogP contribution is 2.40. The zero-order chi connectivity index (χ0) is 11.3. The van der Waals surface area contributed by atoms with Crippen LogP contribution in [0.3, 0.4) is 0 Å². The van der Waals surface area contributed by atoms with Gasteiger partial charge in [0.1, 0.15) is 11.6 Å². The molecule has 1 nitrogen and oxygen atoms in total. The molecule has 2 atom stereocenters. The lowest BCUT2D eigenvalue weighted by Crippen LogP contribution is -2.07. The van der Waals surface area contributed by atoms with Gasteiger partial charge in [-0.2, -0.15) is 0 Å². The van der Waals surface area contributed by atoms with Gasteiger partial charge in [0, 0.05) is 11.5 Å². The Balaban J connectivity index is 2.79. The zero-order valence-corrected chi connectivity index (χ0v) is 8.90. The summed E-state index contributed by atoms with van der Waals surface area (Å²) in [6.45, 7) is 4.94. The lowest BCUT2D eigenvalue weighted by atomic mass is 9.95. The quantitative estimate of drug-likeness (QED) is 0.642. The van der Waals surface area contributed by atoms with Crippen LogP contribution in [0.4, 0.5) is 8.78 Å². The van der Waals surface area contributed by atoms with E-state index in [1.807, 2.05) is 0 Å². The number of Topliss-reactive ketones (excluding diaryl/α,β-unsaturated/α-hetero) is 1. The molecule has 0 spiro atoms. The highest BCUT2D eigenvalue weighted by atomic mass is 19.1. The predicted molar refractivity (Wildman–Crippen MR) is 53.0 cm³/mol. The first-order valence-corrected chi connectivity index (χ1v) is 4.97. The number of fused-ring (bicyclic) bond motifs is 1. The van der Waals surface area contributed by atoms with Crippen molar-refractivity contribution < 1.29 is 13.6 Å². The van der Waals surface area contributed by atoms with Crippen molar-refractivity contribution in [1.29, 1.82) is 0 Å². The third kappa shape index (κ3) is 1.22. The van der Waals surface area contributed by atoms with Gasteiger partial charge >= 0.3 is 0 Å². The van der Waals surface area contributed by atoms with Crippen molar-refractivity contribution in [3.8, 4) is 0 Å². The Labute approximate surface area is 87.1 Å². The minimum Gasteiger partial charge on any atom is -0.294 e. The summed E-state index contributed by atoms with van der Waals surface area (Å²) < 4.78 is 27.3. The second-order valence-electron chi connectivity index (χ2n) is 4.22. The molecule has 0 aromatic heterocycles. The number of carbonyl (C=O) groups is 1. The predicted octanol–water partition coefficient (Wildman–Crippen LogP) is 3.21. The van der Waals surface area contributed by atoms with Crippen LogP contribution in [-0.2, 0) is 0 Å². The van der Waals surface area contributed by atoms with E-state index >= 15 is 0 Å². The van der Waals surface area contributed by atoms with Gasteiger partial charge in [-0.3, -0.25) is 4.79 Å². The topological polar surface area (TPSA) is 17.1 Å². The molecule has 1 aromatic carbocycles. The first kappa shape index (κ1) is 10.3. The number of halogens is 2. The van der Waals surface area contributed by atoms with Gasteiger partial charge < -0.3 is 0 Å². The molecule has 0 bridgehead atoms. The molecule has 0 amide bonds. The van der Waals surface area contributed by atoms with Gasteiger partial charge in [0.25, 0.3) is 0 Å². The normalized spacial score (nSPS) is 24.5. The Hall–Kier alpha value is -1.25. The molecule has 0 saturated heterocycles. The van der Waals surface area contributed by atoms with Crippen LogP contribution in [0.25, 0.3) is 0 Å². The van der Waals surface area contributed by atoms with Crippen LogP contribution in [0.15, 0.2) is 6.07 Å². The monoisotopic (exact) mass is 210 g/mol. The van der Waals surface area contributed by atoms with E-state index in [0.29, 0.717) is 0 Å². The van der Waals surface area contributed by atoms with Crippen molar-refractivity contribution in [3.63, 3.8) is 0 Å². The smallest absolute Gasteiger partial charge is 0.169 e. The van der Waals surface area contributed by atoms with Crippen LogP contribution in [-0.4, -0.2) is 5.78 Å². The molecular formula is C12H12F2O. The van der Waals surface area contributed by atoms with Gasteiger partial charge in [0.15, 0.2) is 5.78 Å².